The molecule has 1 aliphatic rings. The number of esters is 1. The summed E-state index contributed by atoms with van der Waals surface area (Å²) in [6.45, 7) is -0.626. The molecule has 7 heteroatoms. The van der Waals surface area contributed by atoms with Gasteiger partial charge >= 0.3 is 5.97 Å². The van der Waals surface area contributed by atoms with Gasteiger partial charge in [-0.25, -0.2) is 13.6 Å². The molecule has 1 aliphatic carbocycles. The molecule has 0 atom stereocenters. The van der Waals surface area contributed by atoms with Crippen molar-refractivity contribution in [1.29, 1.82) is 5.26 Å². The van der Waals surface area contributed by atoms with Gasteiger partial charge in [0, 0.05) is 6.07 Å². The Labute approximate surface area is 125 Å². The molecule has 0 radical (unpaired) electrons. The van der Waals surface area contributed by atoms with Crippen LogP contribution in [0.2, 0.25) is 0 Å². The van der Waals surface area contributed by atoms with E-state index < -0.39 is 41.2 Å². The van der Waals surface area contributed by atoms with Gasteiger partial charge in [-0.05, 0) is 37.8 Å². The second kappa shape index (κ2) is 6.52. The molecular formula is C15H14F2N2O3. The standard InChI is InChI=1S/C15H14F2N2O3/c16-10-3-4-11(12(17)7-10)14(21)22-8-13(20)19-15(9-18)5-1-2-6-15/h3-4,7H,1-2,5-6,8H2,(H,19,20). The molecule has 2 rings (SSSR count). The zero-order chi connectivity index (χ0) is 16.2. The van der Waals surface area contributed by atoms with Crippen LogP contribution in [0.15, 0.2) is 18.2 Å². The zero-order valence-electron chi connectivity index (χ0n) is 11.7. The minimum absolute atomic E-state index is 0.454. The second-order valence-corrected chi connectivity index (χ2v) is 5.15. The highest BCUT2D eigenvalue weighted by molar-refractivity contribution is 5.91. The van der Waals surface area contributed by atoms with E-state index in [0.717, 1.165) is 25.0 Å². The molecular weight excluding hydrogens is 294 g/mol. The van der Waals surface area contributed by atoms with Crippen LogP contribution in [0, 0.1) is 23.0 Å². The van der Waals surface area contributed by atoms with Gasteiger partial charge in [-0.15, -0.1) is 0 Å². The molecule has 1 saturated carbocycles. The van der Waals surface area contributed by atoms with E-state index in [1.807, 2.05) is 0 Å². The normalized spacial score (nSPS) is 15.9. The lowest BCUT2D eigenvalue weighted by atomic mass is 10.00. The maximum absolute atomic E-state index is 13.4. The Bertz CT molecular complexity index is 634. The summed E-state index contributed by atoms with van der Waals surface area (Å²) in [7, 11) is 0. The van der Waals surface area contributed by atoms with Crippen LogP contribution < -0.4 is 5.32 Å². The molecule has 0 unspecified atom stereocenters. The van der Waals surface area contributed by atoms with Crippen molar-refractivity contribution < 1.29 is 23.1 Å². The highest BCUT2D eigenvalue weighted by Crippen LogP contribution is 2.28. The topological polar surface area (TPSA) is 79.2 Å². The molecule has 1 fully saturated rings. The van der Waals surface area contributed by atoms with Gasteiger partial charge in [0.1, 0.15) is 17.2 Å². The van der Waals surface area contributed by atoms with Gasteiger partial charge in [0.15, 0.2) is 6.61 Å². The molecule has 1 aromatic rings. The lowest BCUT2D eigenvalue weighted by molar-refractivity contribution is -0.125. The van der Waals surface area contributed by atoms with Gasteiger partial charge in [-0.1, -0.05) is 0 Å². The largest absolute Gasteiger partial charge is 0.452 e. The Morgan fingerprint density at radius 3 is 2.59 bits per heavy atom. The van der Waals surface area contributed by atoms with E-state index in [9.17, 15) is 18.4 Å². The van der Waals surface area contributed by atoms with E-state index in [0.29, 0.717) is 18.9 Å². The van der Waals surface area contributed by atoms with Crippen LogP contribution >= 0.6 is 0 Å². The summed E-state index contributed by atoms with van der Waals surface area (Å²) in [6.07, 6.45) is 2.79. The SMILES string of the molecule is N#CC1(NC(=O)COC(=O)c2ccc(F)cc2F)CCCC1. The first-order chi connectivity index (χ1) is 10.5. The summed E-state index contributed by atoms with van der Waals surface area (Å²) in [5, 5.41) is 11.7. The van der Waals surface area contributed by atoms with Gasteiger partial charge in [0.2, 0.25) is 0 Å². The number of rotatable bonds is 4. The number of amides is 1. The minimum Gasteiger partial charge on any atom is -0.452 e. The Hall–Kier alpha value is -2.49. The number of benzene rings is 1. The van der Waals surface area contributed by atoms with Crippen molar-refractivity contribution in [2.24, 2.45) is 0 Å². The van der Waals surface area contributed by atoms with Crippen LogP contribution in [0.1, 0.15) is 36.0 Å². The van der Waals surface area contributed by atoms with Crippen LogP contribution in [0.5, 0.6) is 0 Å². The molecule has 0 aliphatic heterocycles. The number of hydrogen-bond donors (Lipinski definition) is 1. The summed E-state index contributed by atoms with van der Waals surface area (Å²) in [6, 6.07) is 4.49. The monoisotopic (exact) mass is 308 g/mol. The van der Waals surface area contributed by atoms with Crippen molar-refractivity contribution in [3.8, 4) is 6.07 Å². The lowest BCUT2D eigenvalue weighted by Gasteiger charge is -2.21. The number of hydrogen-bond acceptors (Lipinski definition) is 4. The van der Waals surface area contributed by atoms with Crippen LogP contribution in [0.3, 0.4) is 0 Å². The summed E-state index contributed by atoms with van der Waals surface area (Å²) in [4.78, 5) is 23.4. The number of halogens is 2. The highest BCUT2D eigenvalue weighted by atomic mass is 19.1. The summed E-state index contributed by atoms with van der Waals surface area (Å²) in [5.74, 6) is -3.57. The third-order valence-corrected chi connectivity index (χ3v) is 3.54. The van der Waals surface area contributed by atoms with Crippen molar-refractivity contribution in [2.45, 2.75) is 31.2 Å². The fourth-order valence-corrected chi connectivity index (χ4v) is 2.41. The number of ether oxygens (including phenoxy) is 1. The first-order valence-electron chi connectivity index (χ1n) is 6.80. The van der Waals surface area contributed by atoms with E-state index in [2.05, 4.69) is 16.1 Å². The Morgan fingerprint density at radius 2 is 2.00 bits per heavy atom. The average molecular weight is 308 g/mol. The highest BCUT2D eigenvalue weighted by Gasteiger charge is 2.35. The van der Waals surface area contributed by atoms with Gasteiger partial charge in [0.25, 0.3) is 5.91 Å². The minimum atomic E-state index is -1.06. The van der Waals surface area contributed by atoms with Gasteiger partial charge < -0.3 is 10.1 Å². The predicted octanol–water partition coefficient (Wildman–Crippen LogP) is 2.07. The predicted molar refractivity (Wildman–Crippen MR) is 71.6 cm³/mol. The average Bonchev–Trinajstić information content (AvgIpc) is 2.94. The van der Waals surface area contributed by atoms with Crippen molar-refractivity contribution >= 4 is 11.9 Å². The van der Waals surface area contributed by atoms with Crippen molar-refractivity contribution in [3.05, 3.63) is 35.4 Å². The van der Waals surface area contributed by atoms with E-state index in [4.69, 9.17) is 5.26 Å². The van der Waals surface area contributed by atoms with Gasteiger partial charge in [-0.3, -0.25) is 4.79 Å². The van der Waals surface area contributed by atoms with Crippen LogP contribution in [-0.2, 0) is 9.53 Å². The van der Waals surface area contributed by atoms with E-state index >= 15 is 0 Å². The molecule has 1 aromatic carbocycles. The number of nitriles is 1. The van der Waals surface area contributed by atoms with Crippen molar-refractivity contribution in [2.75, 3.05) is 6.61 Å². The molecule has 22 heavy (non-hydrogen) atoms. The lowest BCUT2D eigenvalue weighted by Crippen LogP contribution is -2.46. The Balaban J connectivity index is 1.91. The molecule has 1 amide bonds. The number of nitrogens with one attached hydrogen (secondary N) is 1. The second-order valence-electron chi connectivity index (χ2n) is 5.15. The third kappa shape index (κ3) is 3.58. The van der Waals surface area contributed by atoms with E-state index in [1.54, 1.807) is 0 Å². The Morgan fingerprint density at radius 1 is 1.32 bits per heavy atom. The molecule has 0 bridgehead atoms. The molecule has 116 valence electrons. The molecule has 0 spiro atoms. The fourth-order valence-electron chi connectivity index (χ4n) is 2.41. The first kappa shape index (κ1) is 15.9. The van der Waals surface area contributed by atoms with Gasteiger partial charge in [0.05, 0.1) is 11.6 Å². The Kier molecular flexibility index (Phi) is 4.71. The van der Waals surface area contributed by atoms with Crippen LogP contribution in [0.4, 0.5) is 8.78 Å². The third-order valence-electron chi connectivity index (χ3n) is 3.54. The van der Waals surface area contributed by atoms with E-state index in [-0.39, 0.29) is 0 Å². The maximum atomic E-state index is 13.4. The van der Waals surface area contributed by atoms with Crippen molar-refractivity contribution in [1.82, 2.24) is 5.32 Å². The van der Waals surface area contributed by atoms with Crippen molar-refractivity contribution in [3.63, 3.8) is 0 Å². The van der Waals surface area contributed by atoms with Gasteiger partial charge in [-0.2, -0.15) is 5.26 Å². The molecule has 1 N–H and O–H groups in total. The number of nitrogens with zero attached hydrogens (tertiary/aromatic N) is 1. The quantitative estimate of drug-likeness (QED) is 0.864. The molecule has 0 saturated heterocycles. The van der Waals surface area contributed by atoms with Crippen LogP contribution in [-0.4, -0.2) is 24.0 Å². The number of carbonyl (C=O) groups excluding carboxylic acids is 2. The smallest absolute Gasteiger partial charge is 0.341 e. The summed E-state index contributed by atoms with van der Waals surface area (Å²) >= 11 is 0. The summed E-state index contributed by atoms with van der Waals surface area (Å²) < 4.78 is 30.8. The van der Waals surface area contributed by atoms with Crippen LogP contribution in [0.25, 0.3) is 0 Å². The molecule has 0 heterocycles. The maximum Gasteiger partial charge on any atom is 0.341 e. The summed E-state index contributed by atoms with van der Waals surface area (Å²) in [5.41, 5.74) is -1.37. The fraction of sp³-hybridized carbons (Fsp3) is 0.400. The molecule has 5 nitrogen and oxygen atoms in total. The first-order valence-corrected chi connectivity index (χ1v) is 6.80. The number of carbonyl (C=O) groups is 2. The zero-order valence-corrected chi connectivity index (χ0v) is 11.7. The van der Waals surface area contributed by atoms with E-state index in [1.165, 1.54) is 0 Å². The molecule has 0 aromatic heterocycles.